The number of rotatable bonds is 4. The lowest BCUT2D eigenvalue weighted by Gasteiger charge is -2.26. The standard InChI is InChI=1S/C12H19ClN2O/c1-9(2)7-12(5-3-4-6-12)11-15-14-10(8-13)16-11/h9H,3-8H2,1-2H3. The van der Waals surface area contributed by atoms with Crippen LogP contribution in [0.25, 0.3) is 0 Å². The summed E-state index contributed by atoms with van der Waals surface area (Å²) in [4.78, 5) is 0. The van der Waals surface area contributed by atoms with Gasteiger partial charge in [0.25, 0.3) is 0 Å². The Kier molecular flexibility index (Phi) is 3.53. The first-order chi connectivity index (χ1) is 7.66. The van der Waals surface area contributed by atoms with E-state index >= 15 is 0 Å². The van der Waals surface area contributed by atoms with E-state index in [0.29, 0.717) is 17.7 Å². The fourth-order valence-electron chi connectivity index (χ4n) is 2.86. The molecule has 0 saturated heterocycles. The molecule has 1 aromatic rings. The third-order valence-corrected chi connectivity index (χ3v) is 3.62. The van der Waals surface area contributed by atoms with E-state index in [-0.39, 0.29) is 5.41 Å². The molecule has 0 atom stereocenters. The van der Waals surface area contributed by atoms with E-state index in [9.17, 15) is 0 Å². The smallest absolute Gasteiger partial charge is 0.231 e. The first-order valence-corrected chi connectivity index (χ1v) is 6.58. The van der Waals surface area contributed by atoms with Gasteiger partial charge in [0.2, 0.25) is 11.8 Å². The van der Waals surface area contributed by atoms with Crippen LogP contribution in [0.1, 0.15) is 57.7 Å². The third-order valence-electron chi connectivity index (χ3n) is 3.39. The summed E-state index contributed by atoms with van der Waals surface area (Å²) in [5.74, 6) is 2.33. The predicted molar refractivity (Wildman–Crippen MR) is 63.5 cm³/mol. The van der Waals surface area contributed by atoms with E-state index in [4.69, 9.17) is 16.0 Å². The Bertz CT molecular complexity index is 343. The van der Waals surface area contributed by atoms with Gasteiger partial charge in [0.1, 0.15) is 5.88 Å². The molecular weight excluding hydrogens is 224 g/mol. The van der Waals surface area contributed by atoms with Crippen molar-refractivity contribution in [1.82, 2.24) is 10.2 Å². The quantitative estimate of drug-likeness (QED) is 0.757. The van der Waals surface area contributed by atoms with Gasteiger partial charge in [-0.1, -0.05) is 26.7 Å². The van der Waals surface area contributed by atoms with E-state index in [2.05, 4.69) is 24.0 Å². The molecule has 0 N–H and O–H groups in total. The van der Waals surface area contributed by atoms with E-state index in [1.807, 2.05) is 0 Å². The SMILES string of the molecule is CC(C)CC1(c2nnc(CCl)o2)CCCC1. The minimum atomic E-state index is 0.130. The highest BCUT2D eigenvalue weighted by atomic mass is 35.5. The lowest BCUT2D eigenvalue weighted by molar-refractivity contribution is 0.269. The molecule has 0 spiro atoms. The summed E-state index contributed by atoms with van der Waals surface area (Å²) in [6, 6.07) is 0. The highest BCUT2D eigenvalue weighted by Crippen LogP contribution is 2.44. The van der Waals surface area contributed by atoms with E-state index in [1.54, 1.807) is 0 Å². The molecule has 0 aromatic carbocycles. The van der Waals surface area contributed by atoms with Gasteiger partial charge < -0.3 is 4.42 Å². The summed E-state index contributed by atoms with van der Waals surface area (Å²) in [5.41, 5.74) is 0.130. The Morgan fingerprint density at radius 2 is 2.00 bits per heavy atom. The monoisotopic (exact) mass is 242 g/mol. The van der Waals surface area contributed by atoms with Crippen molar-refractivity contribution < 1.29 is 4.42 Å². The van der Waals surface area contributed by atoms with Crippen LogP contribution < -0.4 is 0 Å². The number of hydrogen-bond acceptors (Lipinski definition) is 3. The lowest BCUT2D eigenvalue weighted by atomic mass is 9.78. The van der Waals surface area contributed by atoms with Crippen molar-refractivity contribution >= 4 is 11.6 Å². The maximum atomic E-state index is 5.70. The summed E-state index contributed by atoms with van der Waals surface area (Å²) < 4.78 is 5.67. The molecule has 3 nitrogen and oxygen atoms in total. The van der Waals surface area contributed by atoms with Crippen LogP contribution in [0.2, 0.25) is 0 Å². The molecule has 90 valence electrons. The number of halogens is 1. The van der Waals surface area contributed by atoms with Crippen molar-refractivity contribution in [3.8, 4) is 0 Å². The number of aromatic nitrogens is 2. The van der Waals surface area contributed by atoms with Crippen molar-refractivity contribution in [2.75, 3.05) is 0 Å². The minimum absolute atomic E-state index is 0.130. The van der Waals surface area contributed by atoms with Gasteiger partial charge in [0.05, 0.1) is 0 Å². The van der Waals surface area contributed by atoms with Gasteiger partial charge >= 0.3 is 0 Å². The molecule has 1 aliphatic rings. The Hall–Kier alpha value is -0.570. The zero-order valence-electron chi connectivity index (χ0n) is 10.0. The summed E-state index contributed by atoms with van der Waals surface area (Å²) in [5, 5.41) is 8.18. The number of nitrogens with zero attached hydrogens (tertiary/aromatic N) is 2. The molecule has 16 heavy (non-hydrogen) atoms. The first-order valence-electron chi connectivity index (χ1n) is 6.05. The molecule has 0 radical (unpaired) electrons. The van der Waals surface area contributed by atoms with Gasteiger partial charge in [-0.25, -0.2) is 0 Å². The van der Waals surface area contributed by atoms with Crippen molar-refractivity contribution in [1.29, 1.82) is 0 Å². The molecule has 0 amide bonds. The first kappa shape index (κ1) is 11.9. The van der Waals surface area contributed by atoms with Crippen LogP contribution in [-0.2, 0) is 11.3 Å². The lowest BCUT2D eigenvalue weighted by Crippen LogP contribution is -2.24. The number of hydrogen-bond donors (Lipinski definition) is 0. The van der Waals surface area contributed by atoms with Crippen LogP contribution in [0.5, 0.6) is 0 Å². The largest absolute Gasteiger partial charge is 0.423 e. The molecule has 1 saturated carbocycles. The molecule has 0 unspecified atom stereocenters. The maximum Gasteiger partial charge on any atom is 0.231 e. The molecule has 1 fully saturated rings. The summed E-state index contributed by atoms with van der Waals surface area (Å²) in [6.07, 6.45) is 6.03. The van der Waals surface area contributed by atoms with E-state index in [0.717, 1.165) is 12.3 Å². The second-order valence-corrected chi connectivity index (χ2v) is 5.49. The Balaban J connectivity index is 2.24. The van der Waals surface area contributed by atoms with Gasteiger partial charge in [-0.2, -0.15) is 0 Å². The topological polar surface area (TPSA) is 38.9 Å². The fourth-order valence-corrected chi connectivity index (χ4v) is 2.97. The summed E-state index contributed by atoms with van der Waals surface area (Å²) >= 11 is 5.70. The molecule has 1 aromatic heterocycles. The zero-order chi connectivity index (χ0) is 11.6. The van der Waals surface area contributed by atoms with E-state index < -0.39 is 0 Å². The number of alkyl halides is 1. The van der Waals surface area contributed by atoms with Gasteiger partial charge in [-0.05, 0) is 25.2 Å². The van der Waals surface area contributed by atoms with Crippen molar-refractivity contribution in [3.05, 3.63) is 11.8 Å². The van der Waals surface area contributed by atoms with Gasteiger partial charge in [0, 0.05) is 5.41 Å². The second-order valence-electron chi connectivity index (χ2n) is 5.22. The van der Waals surface area contributed by atoms with Crippen LogP contribution >= 0.6 is 11.6 Å². The second kappa shape index (κ2) is 4.74. The third kappa shape index (κ3) is 2.24. The Morgan fingerprint density at radius 1 is 1.31 bits per heavy atom. The molecule has 0 aliphatic heterocycles. The minimum Gasteiger partial charge on any atom is -0.423 e. The average molecular weight is 243 g/mol. The molecule has 1 heterocycles. The van der Waals surface area contributed by atoms with Gasteiger partial charge in [-0.15, -0.1) is 21.8 Å². The molecular formula is C12H19ClN2O. The Labute approximate surface area is 102 Å². The van der Waals surface area contributed by atoms with E-state index in [1.165, 1.54) is 25.7 Å². The predicted octanol–water partition coefficient (Wildman–Crippen LogP) is 3.67. The normalized spacial score (nSPS) is 19.5. The zero-order valence-corrected chi connectivity index (χ0v) is 10.8. The van der Waals surface area contributed by atoms with Crippen LogP contribution in [0.4, 0.5) is 0 Å². The fraction of sp³-hybridized carbons (Fsp3) is 0.833. The van der Waals surface area contributed by atoms with Crippen LogP contribution in [0, 0.1) is 5.92 Å². The highest BCUT2D eigenvalue weighted by molar-refractivity contribution is 6.16. The van der Waals surface area contributed by atoms with Crippen molar-refractivity contribution in [3.63, 3.8) is 0 Å². The summed E-state index contributed by atoms with van der Waals surface area (Å²) in [7, 11) is 0. The highest BCUT2D eigenvalue weighted by Gasteiger charge is 2.40. The van der Waals surface area contributed by atoms with Crippen LogP contribution in [0.3, 0.4) is 0 Å². The van der Waals surface area contributed by atoms with Crippen LogP contribution in [-0.4, -0.2) is 10.2 Å². The van der Waals surface area contributed by atoms with Crippen molar-refractivity contribution in [2.45, 2.75) is 57.2 Å². The molecule has 1 aliphatic carbocycles. The molecule has 4 heteroatoms. The maximum absolute atomic E-state index is 5.70. The van der Waals surface area contributed by atoms with Gasteiger partial charge in [0.15, 0.2) is 0 Å². The molecule has 0 bridgehead atoms. The van der Waals surface area contributed by atoms with Crippen LogP contribution in [0.15, 0.2) is 4.42 Å². The van der Waals surface area contributed by atoms with Gasteiger partial charge in [-0.3, -0.25) is 0 Å². The summed E-state index contributed by atoms with van der Waals surface area (Å²) in [6.45, 7) is 4.50. The average Bonchev–Trinajstić information content (AvgIpc) is 2.84. The Morgan fingerprint density at radius 3 is 2.50 bits per heavy atom. The van der Waals surface area contributed by atoms with Crippen molar-refractivity contribution in [2.24, 2.45) is 5.92 Å². The molecule has 2 rings (SSSR count).